The van der Waals surface area contributed by atoms with Crippen LogP contribution in [-0.2, 0) is 0 Å². The second-order valence-electron chi connectivity index (χ2n) is 4.02. The van der Waals surface area contributed by atoms with Gasteiger partial charge in [-0.3, -0.25) is 4.79 Å². The minimum atomic E-state index is 0.0918. The summed E-state index contributed by atoms with van der Waals surface area (Å²) in [5.41, 5.74) is 1.04. The first kappa shape index (κ1) is 10.8. The maximum absolute atomic E-state index is 12.3. The molecular formula is C14H9ClOS. The van der Waals surface area contributed by atoms with Crippen LogP contribution in [0, 0.1) is 6.92 Å². The molecule has 0 atom stereocenters. The lowest BCUT2D eigenvalue weighted by Crippen LogP contribution is -2.01. The molecule has 3 rings (SSSR count). The molecule has 2 aromatic carbocycles. The van der Waals surface area contributed by atoms with Crippen LogP contribution in [0.25, 0.3) is 20.2 Å². The highest BCUT2D eigenvalue weighted by Gasteiger charge is 2.07. The van der Waals surface area contributed by atoms with E-state index in [1.807, 2.05) is 43.3 Å². The first-order valence-corrected chi connectivity index (χ1v) is 6.48. The zero-order valence-electron chi connectivity index (χ0n) is 9.16. The van der Waals surface area contributed by atoms with Crippen molar-refractivity contribution >= 4 is 43.1 Å². The Morgan fingerprint density at radius 3 is 2.65 bits per heavy atom. The summed E-state index contributed by atoms with van der Waals surface area (Å²) in [6, 6.07) is 11.4. The van der Waals surface area contributed by atoms with Crippen LogP contribution in [0.5, 0.6) is 0 Å². The van der Waals surface area contributed by atoms with Crippen LogP contribution in [0.15, 0.2) is 41.2 Å². The third kappa shape index (κ3) is 1.65. The molecule has 0 unspecified atom stereocenters. The molecule has 0 bridgehead atoms. The summed E-state index contributed by atoms with van der Waals surface area (Å²) in [6.07, 6.45) is 0. The maximum atomic E-state index is 12.3. The lowest BCUT2D eigenvalue weighted by atomic mass is 10.1. The molecule has 1 nitrogen and oxygen atoms in total. The first-order chi connectivity index (χ1) is 8.16. The van der Waals surface area contributed by atoms with Gasteiger partial charge in [0, 0.05) is 25.2 Å². The van der Waals surface area contributed by atoms with Gasteiger partial charge in [0.05, 0.1) is 0 Å². The molecule has 0 fully saturated rings. The fraction of sp³-hybridized carbons (Fsp3) is 0.0714. The Morgan fingerprint density at radius 1 is 1.06 bits per heavy atom. The highest BCUT2D eigenvalue weighted by atomic mass is 35.5. The van der Waals surface area contributed by atoms with Crippen molar-refractivity contribution in [1.29, 1.82) is 0 Å². The summed E-state index contributed by atoms with van der Waals surface area (Å²) in [4.78, 5) is 12.3. The van der Waals surface area contributed by atoms with Crippen LogP contribution in [0.3, 0.4) is 0 Å². The molecule has 0 aliphatic rings. The van der Waals surface area contributed by atoms with Crippen molar-refractivity contribution in [3.8, 4) is 0 Å². The van der Waals surface area contributed by atoms with Gasteiger partial charge >= 0.3 is 0 Å². The standard InChI is InChI=1S/C14H9ClOS/c1-8-6-10-13(7-11(8)15)17-12-5-3-2-4-9(12)14(10)16/h2-7H,1H3. The minimum Gasteiger partial charge on any atom is -0.289 e. The molecule has 0 radical (unpaired) electrons. The predicted molar refractivity (Wildman–Crippen MR) is 75.3 cm³/mol. The first-order valence-electron chi connectivity index (χ1n) is 5.28. The van der Waals surface area contributed by atoms with Crippen LogP contribution in [0.1, 0.15) is 5.56 Å². The van der Waals surface area contributed by atoms with E-state index in [2.05, 4.69) is 0 Å². The number of hydrogen-bond acceptors (Lipinski definition) is 2. The van der Waals surface area contributed by atoms with Gasteiger partial charge in [0.25, 0.3) is 0 Å². The largest absolute Gasteiger partial charge is 0.289 e. The minimum absolute atomic E-state index is 0.0918. The number of aryl methyl sites for hydroxylation is 1. The van der Waals surface area contributed by atoms with E-state index in [0.717, 1.165) is 25.7 Å². The fourth-order valence-corrected chi connectivity index (χ4v) is 3.25. The molecule has 3 heteroatoms. The van der Waals surface area contributed by atoms with Gasteiger partial charge in [0.1, 0.15) is 0 Å². The van der Waals surface area contributed by atoms with Crippen LogP contribution in [0.2, 0.25) is 5.02 Å². The molecular weight excluding hydrogens is 252 g/mol. The Hall–Kier alpha value is -1.38. The van der Waals surface area contributed by atoms with Gasteiger partial charge in [-0.2, -0.15) is 0 Å². The van der Waals surface area contributed by atoms with Crippen LogP contribution < -0.4 is 5.43 Å². The van der Waals surface area contributed by atoms with E-state index < -0.39 is 0 Å². The highest BCUT2D eigenvalue weighted by Crippen LogP contribution is 2.28. The van der Waals surface area contributed by atoms with Crippen molar-refractivity contribution in [3.63, 3.8) is 0 Å². The zero-order valence-corrected chi connectivity index (χ0v) is 10.7. The quantitative estimate of drug-likeness (QED) is 0.549. The summed E-state index contributed by atoms with van der Waals surface area (Å²) in [7, 11) is 0. The Morgan fingerprint density at radius 2 is 1.82 bits per heavy atom. The van der Waals surface area contributed by atoms with Crippen molar-refractivity contribution in [3.05, 3.63) is 57.2 Å². The summed E-state index contributed by atoms with van der Waals surface area (Å²) < 4.78 is 1.95. The van der Waals surface area contributed by atoms with Gasteiger partial charge in [0.2, 0.25) is 0 Å². The molecule has 17 heavy (non-hydrogen) atoms. The summed E-state index contributed by atoms with van der Waals surface area (Å²) >= 11 is 7.70. The number of benzene rings is 2. The van der Waals surface area contributed by atoms with Gasteiger partial charge in [-0.05, 0) is 36.8 Å². The Balaban J connectivity index is 2.60. The molecule has 0 aliphatic carbocycles. The van der Waals surface area contributed by atoms with Crippen LogP contribution >= 0.6 is 22.9 Å². The Kier molecular flexibility index (Phi) is 2.42. The molecule has 1 aromatic heterocycles. The van der Waals surface area contributed by atoms with E-state index >= 15 is 0 Å². The molecule has 0 saturated carbocycles. The van der Waals surface area contributed by atoms with E-state index in [0.29, 0.717) is 5.02 Å². The SMILES string of the molecule is Cc1cc2c(=O)c3ccccc3sc2cc1Cl. The molecule has 0 aliphatic heterocycles. The van der Waals surface area contributed by atoms with E-state index in [-0.39, 0.29) is 5.43 Å². The lowest BCUT2D eigenvalue weighted by Gasteiger charge is -2.03. The van der Waals surface area contributed by atoms with Gasteiger partial charge in [-0.25, -0.2) is 0 Å². The zero-order chi connectivity index (χ0) is 12.0. The number of rotatable bonds is 0. The van der Waals surface area contributed by atoms with Crippen molar-refractivity contribution in [1.82, 2.24) is 0 Å². The van der Waals surface area contributed by atoms with Crippen LogP contribution in [0.4, 0.5) is 0 Å². The van der Waals surface area contributed by atoms with E-state index in [1.54, 1.807) is 11.3 Å². The van der Waals surface area contributed by atoms with Crippen molar-refractivity contribution < 1.29 is 0 Å². The Bertz CT molecular complexity index is 789. The van der Waals surface area contributed by atoms with Gasteiger partial charge in [-0.15, -0.1) is 11.3 Å². The third-order valence-corrected chi connectivity index (χ3v) is 4.40. The maximum Gasteiger partial charge on any atom is 0.195 e. The lowest BCUT2D eigenvalue weighted by molar-refractivity contribution is 1.51. The number of hydrogen-bond donors (Lipinski definition) is 0. The van der Waals surface area contributed by atoms with E-state index in [9.17, 15) is 4.79 Å². The van der Waals surface area contributed by atoms with Crippen molar-refractivity contribution in [2.75, 3.05) is 0 Å². The van der Waals surface area contributed by atoms with E-state index in [1.165, 1.54) is 0 Å². The van der Waals surface area contributed by atoms with Gasteiger partial charge in [-0.1, -0.05) is 23.7 Å². The third-order valence-electron chi connectivity index (χ3n) is 2.86. The molecule has 0 N–H and O–H groups in total. The normalized spacial score (nSPS) is 11.2. The monoisotopic (exact) mass is 260 g/mol. The molecule has 3 aromatic rings. The number of fused-ring (bicyclic) bond motifs is 2. The van der Waals surface area contributed by atoms with Gasteiger partial charge in [0.15, 0.2) is 5.43 Å². The summed E-state index contributed by atoms with van der Waals surface area (Å²) in [5.74, 6) is 0. The van der Waals surface area contributed by atoms with Crippen LogP contribution in [-0.4, -0.2) is 0 Å². The highest BCUT2D eigenvalue weighted by molar-refractivity contribution is 7.24. The molecule has 0 saturated heterocycles. The average molecular weight is 261 g/mol. The fourth-order valence-electron chi connectivity index (χ4n) is 1.93. The summed E-state index contributed by atoms with van der Waals surface area (Å²) in [6.45, 7) is 1.92. The summed E-state index contributed by atoms with van der Waals surface area (Å²) in [5, 5.41) is 2.26. The Labute approximate surface area is 107 Å². The topological polar surface area (TPSA) is 17.1 Å². The second kappa shape index (κ2) is 3.83. The molecule has 0 spiro atoms. The number of halogens is 1. The van der Waals surface area contributed by atoms with Crippen molar-refractivity contribution in [2.24, 2.45) is 0 Å². The van der Waals surface area contributed by atoms with Gasteiger partial charge < -0.3 is 0 Å². The van der Waals surface area contributed by atoms with Crippen molar-refractivity contribution in [2.45, 2.75) is 6.92 Å². The molecule has 0 amide bonds. The smallest absolute Gasteiger partial charge is 0.195 e. The second-order valence-corrected chi connectivity index (χ2v) is 5.52. The molecule has 1 heterocycles. The molecule has 84 valence electrons. The predicted octanol–water partition coefficient (Wildman–Crippen LogP) is 4.38. The average Bonchev–Trinajstić information content (AvgIpc) is 2.32. The van der Waals surface area contributed by atoms with E-state index in [4.69, 9.17) is 11.6 Å².